The minimum atomic E-state index is -5.02. The van der Waals surface area contributed by atoms with Crippen molar-refractivity contribution in [2.75, 3.05) is 10.6 Å². The Bertz CT molecular complexity index is 1110. The first kappa shape index (κ1) is 23.0. The number of nitrogens with zero attached hydrogens (tertiary/aromatic N) is 2. The second-order valence-corrected chi connectivity index (χ2v) is 6.93. The van der Waals surface area contributed by atoms with Crippen molar-refractivity contribution in [2.24, 2.45) is 0 Å². The summed E-state index contributed by atoms with van der Waals surface area (Å²) < 4.78 is 78.1. The summed E-state index contributed by atoms with van der Waals surface area (Å²) in [6, 6.07) is 8.47. The van der Waals surface area contributed by atoms with Crippen LogP contribution in [0.5, 0.6) is 0 Å². The zero-order valence-electron chi connectivity index (χ0n) is 16.7. The van der Waals surface area contributed by atoms with Crippen LogP contribution in [0.2, 0.25) is 0 Å². The van der Waals surface area contributed by atoms with Gasteiger partial charge in [-0.2, -0.15) is 26.3 Å². The Labute approximate surface area is 178 Å². The van der Waals surface area contributed by atoms with Gasteiger partial charge >= 0.3 is 12.4 Å². The van der Waals surface area contributed by atoms with Crippen LogP contribution >= 0.6 is 0 Å². The molecule has 2 aromatic carbocycles. The summed E-state index contributed by atoms with van der Waals surface area (Å²) in [5.41, 5.74) is -1.85. The zero-order valence-corrected chi connectivity index (χ0v) is 16.7. The lowest BCUT2D eigenvalue weighted by atomic mass is 10.1. The predicted molar refractivity (Wildman–Crippen MR) is 106 cm³/mol. The predicted octanol–water partition coefficient (Wildman–Crippen LogP) is 6.13. The maximum absolute atomic E-state index is 13.0. The number of benzene rings is 2. The van der Waals surface area contributed by atoms with Gasteiger partial charge in [0.15, 0.2) is 0 Å². The van der Waals surface area contributed by atoms with E-state index < -0.39 is 35.1 Å². The molecule has 3 aromatic rings. The van der Waals surface area contributed by atoms with E-state index in [4.69, 9.17) is 0 Å². The molecule has 0 saturated carbocycles. The minimum absolute atomic E-state index is 0.00495. The van der Waals surface area contributed by atoms with Gasteiger partial charge in [0.2, 0.25) is 5.95 Å². The van der Waals surface area contributed by atoms with E-state index in [2.05, 4.69) is 20.6 Å². The van der Waals surface area contributed by atoms with Gasteiger partial charge in [0.05, 0.1) is 11.1 Å². The molecule has 0 aliphatic heterocycles. The number of amides is 1. The Morgan fingerprint density at radius 1 is 0.781 bits per heavy atom. The number of hydrogen-bond donors (Lipinski definition) is 2. The van der Waals surface area contributed by atoms with E-state index in [9.17, 15) is 31.1 Å². The third kappa shape index (κ3) is 5.74. The van der Waals surface area contributed by atoms with Crippen molar-refractivity contribution < 1.29 is 31.1 Å². The van der Waals surface area contributed by atoms with Gasteiger partial charge in [-0.1, -0.05) is 6.07 Å². The first-order valence-corrected chi connectivity index (χ1v) is 9.11. The molecule has 1 aromatic heterocycles. The Hall–Kier alpha value is -3.63. The van der Waals surface area contributed by atoms with E-state index in [0.29, 0.717) is 29.2 Å². The summed E-state index contributed by atoms with van der Waals surface area (Å²) >= 11 is 0. The van der Waals surface area contributed by atoms with Crippen LogP contribution in [-0.4, -0.2) is 15.9 Å². The maximum atomic E-state index is 13.0. The lowest BCUT2D eigenvalue weighted by Gasteiger charge is -2.15. The van der Waals surface area contributed by atoms with Crippen LogP contribution in [0.3, 0.4) is 0 Å². The molecule has 1 heterocycles. The molecule has 5 nitrogen and oxygen atoms in total. The van der Waals surface area contributed by atoms with Crippen molar-refractivity contribution in [3.63, 3.8) is 0 Å². The molecule has 0 aliphatic carbocycles. The molecule has 3 rings (SSSR count). The lowest BCUT2D eigenvalue weighted by molar-refractivity contribution is -0.143. The van der Waals surface area contributed by atoms with Gasteiger partial charge in [-0.3, -0.25) is 4.79 Å². The number of aromatic nitrogens is 2. The quantitative estimate of drug-likeness (QED) is 0.466. The largest absolute Gasteiger partial charge is 0.416 e. The van der Waals surface area contributed by atoms with Gasteiger partial charge in [0, 0.05) is 28.3 Å². The Balaban J connectivity index is 1.87. The third-order valence-corrected chi connectivity index (χ3v) is 4.21. The highest BCUT2D eigenvalue weighted by molar-refractivity contribution is 6.05. The molecular formula is C21H16F6N4O. The summed E-state index contributed by atoms with van der Waals surface area (Å²) in [6.07, 6.45) is -10.0. The summed E-state index contributed by atoms with van der Waals surface area (Å²) in [6.45, 7) is 3.54. The molecule has 168 valence electrons. The average Bonchev–Trinajstić information content (AvgIpc) is 2.65. The molecule has 0 saturated heterocycles. The summed E-state index contributed by atoms with van der Waals surface area (Å²) in [5.74, 6) is -0.616. The van der Waals surface area contributed by atoms with Gasteiger partial charge in [-0.05, 0) is 56.3 Å². The van der Waals surface area contributed by atoms with Crippen molar-refractivity contribution >= 4 is 23.2 Å². The smallest absolute Gasteiger partial charge is 0.324 e. The van der Waals surface area contributed by atoms with Crippen molar-refractivity contribution in [3.05, 3.63) is 76.6 Å². The number of rotatable bonds is 4. The molecule has 0 aliphatic rings. The first-order valence-electron chi connectivity index (χ1n) is 9.11. The highest BCUT2D eigenvalue weighted by Crippen LogP contribution is 2.37. The number of alkyl halides is 6. The van der Waals surface area contributed by atoms with E-state index in [1.165, 1.54) is 18.2 Å². The van der Waals surface area contributed by atoms with E-state index in [1.54, 1.807) is 26.0 Å². The van der Waals surface area contributed by atoms with Crippen molar-refractivity contribution in [2.45, 2.75) is 26.2 Å². The molecule has 11 heteroatoms. The molecule has 0 unspecified atom stereocenters. The summed E-state index contributed by atoms with van der Waals surface area (Å²) in [5, 5.41) is 5.00. The Morgan fingerprint density at radius 3 is 1.88 bits per heavy atom. The fourth-order valence-electron chi connectivity index (χ4n) is 2.88. The van der Waals surface area contributed by atoms with Gasteiger partial charge < -0.3 is 10.6 Å². The van der Waals surface area contributed by atoms with Crippen LogP contribution < -0.4 is 10.6 Å². The molecule has 0 fully saturated rings. The molecule has 0 bridgehead atoms. The fourth-order valence-corrected chi connectivity index (χ4v) is 2.88. The van der Waals surface area contributed by atoms with Crippen molar-refractivity contribution in [3.8, 4) is 0 Å². The van der Waals surface area contributed by atoms with E-state index >= 15 is 0 Å². The topological polar surface area (TPSA) is 66.9 Å². The van der Waals surface area contributed by atoms with Crippen LogP contribution in [-0.2, 0) is 12.4 Å². The third-order valence-electron chi connectivity index (χ3n) is 4.21. The Kier molecular flexibility index (Phi) is 6.11. The van der Waals surface area contributed by atoms with Gasteiger partial charge in [-0.15, -0.1) is 0 Å². The number of halogens is 6. The van der Waals surface area contributed by atoms with Gasteiger partial charge in [0.1, 0.15) is 0 Å². The normalized spacial score (nSPS) is 11.9. The Morgan fingerprint density at radius 2 is 1.34 bits per heavy atom. The van der Waals surface area contributed by atoms with Crippen LogP contribution in [0.1, 0.15) is 32.9 Å². The van der Waals surface area contributed by atoms with Crippen LogP contribution in [0.25, 0.3) is 0 Å². The highest BCUT2D eigenvalue weighted by Gasteiger charge is 2.37. The fraction of sp³-hybridized carbons (Fsp3) is 0.190. The van der Waals surface area contributed by atoms with Crippen LogP contribution in [0.4, 0.5) is 43.7 Å². The first-order chi connectivity index (χ1) is 14.8. The number of carbonyl (C=O) groups is 1. The molecule has 0 spiro atoms. The van der Waals surface area contributed by atoms with Crippen molar-refractivity contribution in [1.82, 2.24) is 9.97 Å². The van der Waals surface area contributed by atoms with Gasteiger partial charge in [0.25, 0.3) is 5.91 Å². The van der Waals surface area contributed by atoms with E-state index in [1.807, 2.05) is 0 Å². The summed E-state index contributed by atoms with van der Waals surface area (Å²) in [4.78, 5) is 20.9. The standard InChI is InChI=1S/C21H16F6N4O/c1-11-6-12(2)29-19(28-11)31-16-5-3-4-13(7-16)18(32)30-17-9-14(20(22,23)24)8-15(10-17)21(25,26)27/h3-10H,1-2H3,(H,30,32)(H,28,29,31). The van der Waals surface area contributed by atoms with Gasteiger partial charge in [-0.25, -0.2) is 9.97 Å². The molecular weight excluding hydrogens is 438 g/mol. The number of anilines is 3. The van der Waals surface area contributed by atoms with E-state index in [0.717, 1.165) is 0 Å². The SMILES string of the molecule is Cc1cc(C)nc(Nc2cccc(C(=O)Nc3cc(C(F)(F)F)cc(C(F)(F)F)c3)c2)n1. The number of nitrogens with one attached hydrogen (secondary N) is 2. The highest BCUT2D eigenvalue weighted by atomic mass is 19.4. The molecule has 1 amide bonds. The van der Waals surface area contributed by atoms with Crippen LogP contribution in [0.15, 0.2) is 48.5 Å². The molecule has 0 radical (unpaired) electrons. The molecule has 2 N–H and O–H groups in total. The monoisotopic (exact) mass is 454 g/mol. The zero-order chi connectivity index (χ0) is 23.7. The lowest BCUT2D eigenvalue weighted by Crippen LogP contribution is -2.16. The average molecular weight is 454 g/mol. The number of aryl methyl sites for hydroxylation is 2. The van der Waals surface area contributed by atoms with Crippen LogP contribution in [0, 0.1) is 13.8 Å². The molecule has 0 atom stereocenters. The minimum Gasteiger partial charge on any atom is -0.324 e. The second-order valence-electron chi connectivity index (χ2n) is 6.93. The maximum Gasteiger partial charge on any atom is 0.416 e. The number of carbonyl (C=O) groups excluding carboxylic acids is 1. The van der Waals surface area contributed by atoms with E-state index in [-0.39, 0.29) is 17.6 Å². The second kappa shape index (κ2) is 8.48. The molecule has 32 heavy (non-hydrogen) atoms. The number of hydrogen-bond acceptors (Lipinski definition) is 4. The van der Waals surface area contributed by atoms with Crippen molar-refractivity contribution in [1.29, 1.82) is 0 Å². The summed E-state index contributed by atoms with van der Waals surface area (Å²) in [7, 11) is 0.